The molecule has 7 N–H and O–H groups in total. The molecule has 2 aliphatic rings. The molecule has 2 saturated heterocycles. The molecule has 14 nitrogen and oxygen atoms in total. The highest BCUT2D eigenvalue weighted by Crippen LogP contribution is 2.26. The van der Waals surface area contributed by atoms with Crippen LogP contribution in [0.15, 0.2) is 48.6 Å². The van der Waals surface area contributed by atoms with Crippen molar-refractivity contribution < 1.29 is 69.0 Å². The van der Waals surface area contributed by atoms with Gasteiger partial charge < -0.3 is 64.2 Å². The highest BCUT2D eigenvalue weighted by molar-refractivity contribution is 5.69. The van der Waals surface area contributed by atoms with Crippen LogP contribution in [0.5, 0.6) is 0 Å². The first-order valence-corrected chi connectivity index (χ1v) is 24.2. The van der Waals surface area contributed by atoms with Crippen molar-refractivity contribution >= 4 is 5.97 Å². The minimum absolute atomic E-state index is 0.0556. The summed E-state index contributed by atoms with van der Waals surface area (Å²) in [7, 11) is 0. The summed E-state index contributed by atoms with van der Waals surface area (Å²) in [4.78, 5) is 13.0. The number of unbranched alkanes of at least 4 members (excludes halogenated alkanes) is 15. The maximum absolute atomic E-state index is 13.0. The Morgan fingerprint density at radius 2 is 1.03 bits per heavy atom. The van der Waals surface area contributed by atoms with E-state index >= 15 is 0 Å². The van der Waals surface area contributed by atoms with Gasteiger partial charge in [-0.05, 0) is 51.4 Å². The molecule has 2 rings (SSSR count). The molecule has 0 aromatic rings. The van der Waals surface area contributed by atoms with Gasteiger partial charge in [-0.3, -0.25) is 4.79 Å². The first-order chi connectivity index (χ1) is 30.6. The van der Waals surface area contributed by atoms with Crippen molar-refractivity contribution in [2.45, 2.75) is 223 Å². The van der Waals surface area contributed by atoms with Gasteiger partial charge >= 0.3 is 5.97 Å². The highest BCUT2D eigenvalue weighted by atomic mass is 16.7. The van der Waals surface area contributed by atoms with Crippen molar-refractivity contribution in [1.29, 1.82) is 0 Å². The first-order valence-electron chi connectivity index (χ1n) is 24.2. The highest BCUT2D eigenvalue weighted by Gasteiger charge is 2.47. The number of rotatable bonds is 37. The average molecular weight is 899 g/mol. The van der Waals surface area contributed by atoms with Gasteiger partial charge in [-0.1, -0.05) is 146 Å². The Morgan fingerprint density at radius 1 is 0.540 bits per heavy atom. The van der Waals surface area contributed by atoms with E-state index in [1.165, 1.54) is 44.9 Å². The van der Waals surface area contributed by atoms with E-state index in [1.54, 1.807) is 0 Å². The van der Waals surface area contributed by atoms with Crippen molar-refractivity contribution in [2.24, 2.45) is 0 Å². The second-order valence-electron chi connectivity index (χ2n) is 16.9. The predicted molar refractivity (Wildman–Crippen MR) is 243 cm³/mol. The minimum atomic E-state index is -1.71. The van der Waals surface area contributed by atoms with Gasteiger partial charge in [0.2, 0.25) is 0 Å². The number of carbonyl (C=O) groups excluding carboxylic acids is 1. The smallest absolute Gasteiger partial charge is 0.306 e. The SMILES string of the molecule is CC/C=C\C/C=C\C/C=C\C/C=C\CCCCCCCCC(=O)OC(COCCCCCCCCCCCC)COC1OC(COC2OC(CO)C(O)C(O)C2O)C(O)C(O)C1O. The molecule has 11 atom stereocenters. The predicted octanol–water partition coefficient (Wildman–Crippen LogP) is 6.40. The Bertz CT molecular complexity index is 1230. The third-order valence-corrected chi connectivity index (χ3v) is 11.4. The molecule has 11 unspecified atom stereocenters. The Labute approximate surface area is 378 Å². The van der Waals surface area contributed by atoms with Crippen molar-refractivity contribution in [3.63, 3.8) is 0 Å². The number of allylic oxidation sites excluding steroid dienone is 8. The fourth-order valence-corrected chi connectivity index (χ4v) is 7.39. The van der Waals surface area contributed by atoms with Crippen LogP contribution in [0, 0.1) is 0 Å². The molecule has 2 heterocycles. The number of carbonyl (C=O) groups is 1. The van der Waals surface area contributed by atoms with E-state index in [4.69, 9.17) is 28.4 Å². The number of esters is 1. The van der Waals surface area contributed by atoms with Gasteiger partial charge in [0, 0.05) is 13.0 Å². The fraction of sp³-hybridized carbons (Fsp3) is 0.816. The van der Waals surface area contributed by atoms with E-state index < -0.39 is 86.7 Å². The second-order valence-corrected chi connectivity index (χ2v) is 16.9. The maximum Gasteiger partial charge on any atom is 0.306 e. The molecule has 0 amide bonds. The molecule has 0 aromatic carbocycles. The number of aliphatic hydroxyl groups excluding tert-OH is 7. The van der Waals surface area contributed by atoms with Crippen molar-refractivity contribution in [1.82, 2.24) is 0 Å². The van der Waals surface area contributed by atoms with Crippen molar-refractivity contribution in [2.75, 3.05) is 33.0 Å². The number of aliphatic hydroxyl groups is 7. The summed E-state index contributed by atoms with van der Waals surface area (Å²) in [5, 5.41) is 72.0. The molecule has 0 aromatic heterocycles. The van der Waals surface area contributed by atoms with E-state index in [-0.39, 0.29) is 19.6 Å². The van der Waals surface area contributed by atoms with Crippen molar-refractivity contribution in [3.8, 4) is 0 Å². The van der Waals surface area contributed by atoms with Crippen LogP contribution in [-0.4, -0.2) is 142 Å². The fourth-order valence-electron chi connectivity index (χ4n) is 7.39. The zero-order chi connectivity index (χ0) is 45.9. The topological polar surface area (TPSA) is 214 Å². The minimum Gasteiger partial charge on any atom is -0.457 e. The van der Waals surface area contributed by atoms with E-state index in [2.05, 4.69) is 62.5 Å². The lowest BCUT2D eigenvalue weighted by atomic mass is 9.98. The number of ether oxygens (including phenoxy) is 6. The molecule has 2 fully saturated rings. The van der Waals surface area contributed by atoms with E-state index in [0.717, 1.165) is 83.5 Å². The number of hydrogen-bond donors (Lipinski definition) is 7. The maximum atomic E-state index is 13.0. The third-order valence-electron chi connectivity index (χ3n) is 11.4. The Balaban J connectivity index is 1.78. The molecule has 0 spiro atoms. The van der Waals surface area contributed by atoms with Crippen LogP contribution in [0.2, 0.25) is 0 Å². The monoisotopic (exact) mass is 899 g/mol. The summed E-state index contributed by atoms with van der Waals surface area (Å²) in [5.41, 5.74) is 0. The first kappa shape index (κ1) is 57.1. The van der Waals surface area contributed by atoms with Gasteiger partial charge in [-0.2, -0.15) is 0 Å². The molecule has 0 radical (unpaired) electrons. The van der Waals surface area contributed by atoms with E-state index in [1.807, 2.05) is 0 Å². The van der Waals surface area contributed by atoms with Gasteiger partial charge in [0.1, 0.15) is 54.9 Å². The van der Waals surface area contributed by atoms with E-state index in [9.17, 15) is 40.5 Å². The van der Waals surface area contributed by atoms with Crippen LogP contribution in [0.25, 0.3) is 0 Å². The van der Waals surface area contributed by atoms with Crippen molar-refractivity contribution in [3.05, 3.63) is 48.6 Å². The van der Waals surface area contributed by atoms with Gasteiger partial charge in [-0.25, -0.2) is 0 Å². The lowest BCUT2D eigenvalue weighted by Crippen LogP contribution is -2.61. The molecule has 2 aliphatic heterocycles. The molecule has 63 heavy (non-hydrogen) atoms. The average Bonchev–Trinajstić information content (AvgIpc) is 3.28. The molecule has 0 bridgehead atoms. The quantitative estimate of drug-likeness (QED) is 0.0204. The van der Waals surface area contributed by atoms with Gasteiger partial charge in [-0.15, -0.1) is 0 Å². The van der Waals surface area contributed by atoms with E-state index in [0.29, 0.717) is 13.0 Å². The summed E-state index contributed by atoms with van der Waals surface area (Å²) in [6, 6.07) is 0. The summed E-state index contributed by atoms with van der Waals surface area (Å²) in [5.74, 6) is -0.392. The Kier molecular flexibility index (Phi) is 33.6. The molecule has 0 aliphatic carbocycles. The lowest BCUT2D eigenvalue weighted by molar-refractivity contribution is -0.332. The zero-order valence-corrected chi connectivity index (χ0v) is 38.5. The van der Waals surface area contributed by atoms with Gasteiger partial charge in [0.05, 0.1) is 26.4 Å². The van der Waals surface area contributed by atoms with Crippen LogP contribution >= 0.6 is 0 Å². The summed E-state index contributed by atoms with van der Waals surface area (Å²) in [6.07, 6.45) is 24.6. The summed E-state index contributed by atoms with van der Waals surface area (Å²) < 4.78 is 34.2. The Morgan fingerprint density at radius 3 is 1.62 bits per heavy atom. The molecule has 0 saturated carbocycles. The van der Waals surface area contributed by atoms with Crippen LogP contribution < -0.4 is 0 Å². The van der Waals surface area contributed by atoms with Gasteiger partial charge in [0.25, 0.3) is 0 Å². The third kappa shape index (κ3) is 25.4. The Hall–Kier alpha value is -2.05. The second kappa shape index (κ2) is 37.1. The van der Waals surface area contributed by atoms with Crippen LogP contribution in [0.4, 0.5) is 0 Å². The standard InChI is InChI=1S/C49H86O14/c1-3-5-7-9-11-13-15-16-17-18-19-20-21-22-23-24-26-28-30-32-41(51)61-38(35-58-33-31-29-27-25-14-12-10-8-6-4-2)36-59-48-47(57)45(55)43(53)40(63-48)37-60-49-46(56)44(54)42(52)39(34-50)62-49/h5,7,11,13,16-17,19-20,38-40,42-50,52-57H,3-4,6,8-10,12,14-15,18,21-37H2,1-2H3/b7-5-,13-11-,17-16-,20-19-. The van der Waals surface area contributed by atoms with Crippen LogP contribution in [-0.2, 0) is 33.2 Å². The van der Waals surface area contributed by atoms with Crippen LogP contribution in [0.1, 0.15) is 155 Å². The van der Waals surface area contributed by atoms with Crippen LogP contribution in [0.3, 0.4) is 0 Å². The largest absolute Gasteiger partial charge is 0.457 e. The summed E-state index contributed by atoms with van der Waals surface area (Å²) in [6.45, 7) is 3.53. The molecule has 366 valence electrons. The zero-order valence-electron chi connectivity index (χ0n) is 38.5. The van der Waals surface area contributed by atoms with Gasteiger partial charge in [0.15, 0.2) is 12.6 Å². The number of hydrogen-bond acceptors (Lipinski definition) is 14. The lowest BCUT2D eigenvalue weighted by Gasteiger charge is -2.42. The normalized spacial score (nSPS) is 27.4. The molecular weight excluding hydrogens is 813 g/mol. The summed E-state index contributed by atoms with van der Waals surface area (Å²) >= 11 is 0. The molecular formula is C49H86O14. The molecule has 14 heteroatoms.